The molecule has 0 saturated heterocycles. The Bertz CT molecular complexity index is 556. The van der Waals surface area contributed by atoms with Crippen LogP contribution < -0.4 is 0 Å². The number of carbonyl (C=O) groups excluding carboxylic acids is 1. The van der Waals surface area contributed by atoms with Crippen molar-refractivity contribution in [2.24, 2.45) is 0 Å². The van der Waals surface area contributed by atoms with Crippen molar-refractivity contribution in [3.63, 3.8) is 0 Å². The molecule has 0 saturated carbocycles. The zero-order valence-corrected chi connectivity index (χ0v) is 12.0. The van der Waals surface area contributed by atoms with E-state index < -0.39 is 0 Å². The molecule has 0 fully saturated rings. The van der Waals surface area contributed by atoms with Crippen LogP contribution in [0.4, 0.5) is 0 Å². The molecule has 1 aliphatic carbocycles. The molecule has 0 bridgehead atoms. The highest BCUT2D eigenvalue weighted by Gasteiger charge is 2.21. The van der Waals surface area contributed by atoms with Gasteiger partial charge in [-0.2, -0.15) is 0 Å². The predicted molar refractivity (Wildman–Crippen MR) is 77.9 cm³/mol. The Kier molecular flexibility index (Phi) is 4.43. The van der Waals surface area contributed by atoms with Gasteiger partial charge in [-0.25, -0.2) is 4.79 Å². The summed E-state index contributed by atoms with van der Waals surface area (Å²) in [4.78, 5) is 12.0. The molecule has 1 aromatic rings. The minimum absolute atomic E-state index is 0.235. The first-order valence-electron chi connectivity index (χ1n) is 6.45. The van der Waals surface area contributed by atoms with Crippen LogP contribution in [0.25, 0.3) is 5.57 Å². The van der Waals surface area contributed by atoms with Crippen LogP contribution in [0.2, 0.25) is 0 Å². The van der Waals surface area contributed by atoms with E-state index in [4.69, 9.17) is 16.3 Å². The van der Waals surface area contributed by atoms with Gasteiger partial charge < -0.3 is 4.74 Å². The highest BCUT2D eigenvalue weighted by atomic mass is 35.5. The molecule has 0 aromatic heterocycles. The molecule has 0 atom stereocenters. The Labute approximate surface area is 118 Å². The van der Waals surface area contributed by atoms with Crippen LogP contribution in [-0.2, 0) is 9.53 Å². The van der Waals surface area contributed by atoms with E-state index >= 15 is 0 Å². The normalized spacial score (nSPS) is 15.2. The molecule has 3 heteroatoms. The number of allylic oxidation sites excluding steroid dienone is 3. The Balaban J connectivity index is 2.52. The molecule has 0 radical (unpaired) electrons. The van der Waals surface area contributed by atoms with Gasteiger partial charge in [0.25, 0.3) is 0 Å². The Morgan fingerprint density at radius 1 is 1.32 bits per heavy atom. The van der Waals surface area contributed by atoms with Crippen LogP contribution in [0, 0.1) is 6.92 Å². The summed E-state index contributed by atoms with van der Waals surface area (Å²) in [6.45, 7) is 4.24. The molecule has 100 valence electrons. The molecule has 2 nitrogen and oxygen atoms in total. The van der Waals surface area contributed by atoms with Crippen molar-refractivity contribution in [3.05, 3.63) is 52.1 Å². The van der Waals surface area contributed by atoms with Crippen LogP contribution in [-0.4, -0.2) is 12.6 Å². The Morgan fingerprint density at radius 3 is 2.74 bits per heavy atom. The van der Waals surface area contributed by atoms with Gasteiger partial charge in [-0.3, -0.25) is 0 Å². The van der Waals surface area contributed by atoms with Gasteiger partial charge in [0.1, 0.15) is 0 Å². The van der Waals surface area contributed by atoms with Crippen molar-refractivity contribution in [3.8, 4) is 0 Å². The summed E-state index contributed by atoms with van der Waals surface area (Å²) in [6.07, 6.45) is 3.22. The van der Waals surface area contributed by atoms with Crippen molar-refractivity contribution in [1.82, 2.24) is 0 Å². The highest BCUT2D eigenvalue weighted by molar-refractivity contribution is 6.30. The van der Waals surface area contributed by atoms with Gasteiger partial charge in [-0.05, 0) is 49.5 Å². The van der Waals surface area contributed by atoms with E-state index in [0.29, 0.717) is 19.4 Å². The number of rotatable bonds is 3. The second kappa shape index (κ2) is 6.07. The summed E-state index contributed by atoms with van der Waals surface area (Å²) in [5.41, 5.74) is 3.79. The van der Waals surface area contributed by atoms with Crippen molar-refractivity contribution >= 4 is 23.1 Å². The fraction of sp³-hybridized carbons (Fsp3) is 0.312. The number of carbonyl (C=O) groups is 1. The average molecular weight is 277 g/mol. The molecule has 1 aliphatic rings. The lowest BCUT2D eigenvalue weighted by Gasteiger charge is -2.18. The summed E-state index contributed by atoms with van der Waals surface area (Å²) in [5, 5.41) is 0.784. The van der Waals surface area contributed by atoms with Gasteiger partial charge in [-0.15, -0.1) is 0 Å². The molecule has 0 amide bonds. The highest BCUT2D eigenvalue weighted by Crippen LogP contribution is 2.34. The number of benzene rings is 1. The zero-order valence-electron chi connectivity index (χ0n) is 11.2. The number of hydrogen-bond donors (Lipinski definition) is 0. The minimum atomic E-state index is -0.235. The summed E-state index contributed by atoms with van der Waals surface area (Å²) in [6, 6.07) is 7.99. The van der Waals surface area contributed by atoms with Crippen LogP contribution in [0.5, 0.6) is 0 Å². The summed E-state index contributed by atoms with van der Waals surface area (Å²) < 4.78 is 5.14. The lowest BCUT2D eigenvalue weighted by Crippen LogP contribution is -2.12. The van der Waals surface area contributed by atoms with Crippen molar-refractivity contribution in [2.75, 3.05) is 6.61 Å². The van der Waals surface area contributed by atoms with Crippen molar-refractivity contribution < 1.29 is 9.53 Å². The van der Waals surface area contributed by atoms with Crippen molar-refractivity contribution in [1.29, 1.82) is 0 Å². The van der Waals surface area contributed by atoms with Crippen LogP contribution in [0.1, 0.15) is 30.9 Å². The Hall–Kier alpha value is -1.54. The van der Waals surface area contributed by atoms with Crippen LogP contribution >= 0.6 is 11.6 Å². The number of aryl methyl sites for hydroxylation is 1. The quantitative estimate of drug-likeness (QED) is 0.773. The standard InChI is InChI=1S/C16H17ClO2/c1-3-19-16(18)14-9-8-12(17)10-15(14)13-7-5-4-6-11(13)2/h4-7,10H,3,8-9H2,1-2H3. The van der Waals surface area contributed by atoms with Crippen molar-refractivity contribution in [2.45, 2.75) is 26.7 Å². The second-order valence-corrected chi connectivity index (χ2v) is 5.00. The molecule has 0 aliphatic heterocycles. The average Bonchev–Trinajstić information content (AvgIpc) is 2.39. The number of hydrogen-bond acceptors (Lipinski definition) is 2. The van der Waals surface area contributed by atoms with Gasteiger partial charge in [0.05, 0.1) is 6.61 Å². The third-order valence-electron chi connectivity index (χ3n) is 3.20. The topological polar surface area (TPSA) is 26.3 Å². The van der Waals surface area contributed by atoms with Gasteiger partial charge >= 0.3 is 5.97 Å². The third-order valence-corrected chi connectivity index (χ3v) is 3.50. The number of ether oxygens (including phenoxy) is 1. The maximum atomic E-state index is 12.0. The van der Waals surface area contributed by atoms with E-state index in [1.807, 2.05) is 44.2 Å². The third kappa shape index (κ3) is 3.07. The van der Waals surface area contributed by atoms with Crippen LogP contribution in [0.3, 0.4) is 0 Å². The van der Waals surface area contributed by atoms with E-state index in [1.165, 1.54) is 0 Å². The fourth-order valence-corrected chi connectivity index (χ4v) is 2.44. The predicted octanol–water partition coefficient (Wildman–Crippen LogP) is 4.23. The van der Waals surface area contributed by atoms with E-state index in [-0.39, 0.29) is 5.97 Å². The van der Waals surface area contributed by atoms with Crippen LogP contribution in [0.15, 0.2) is 40.9 Å². The molecule has 0 N–H and O–H groups in total. The van der Waals surface area contributed by atoms with E-state index in [1.54, 1.807) is 0 Å². The van der Waals surface area contributed by atoms with Gasteiger partial charge in [0.15, 0.2) is 0 Å². The molecule has 0 spiro atoms. The van der Waals surface area contributed by atoms with E-state index in [2.05, 4.69) is 0 Å². The summed E-state index contributed by atoms with van der Waals surface area (Å²) in [7, 11) is 0. The molecule has 2 rings (SSSR count). The largest absolute Gasteiger partial charge is 0.463 e. The lowest BCUT2D eigenvalue weighted by atomic mass is 9.90. The minimum Gasteiger partial charge on any atom is -0.463 e. The first-order chi connectivity index (χ1) is 9.13. The van der Waals surface area contributed by atoms with E-state index in [9.17, 15) is 4.79 Å². The van der Waals surface area contributed by atoms with E-state index in [0.717, 1.165) is 27.3 Å². The monoisotopic (exact) mass is 276 g/mol. The molecular formula is C16H17ClO2. The van der Waals surface area contributed by atoms with Gasteiger partial charge in [-0.1, -0.05) is 35.9 Å². The Morgan fingerprint density at radius 2 is 2.05 bits per heavy atom. The maximum Gasteiger partial charge on any atom is 0.334 e. The SMILES string of the molecule is CCOC(=O)C1=C(c2ccccc2C)C=C(Cl)CC1. The van der Waals surface area contributed by atoms with Gasteiger partial charge in [0.2, 0.25) is 0 Å². The molecule has 0 heterocycles. The number of esters is 1. The maximum absolute atomic E-state index is 12.0. The lowest BCUT2D eigenvalue weighted by molar-refractivity contribution is -0.138. The first kappa shape index (κ1) is 13.9. The van der Waals surface area contributed by atoms with Gasteiger partial charge in [0, 0.05) is 10.6 Å². The summed E-state index contributed by atoms with van der Waals surface area (Å²) in [5.74, 6) is -0.235. The summed E-state index contributed by atoms with van der Waals surface area (Å²) >= 11 is 6.14. The molecular weight excluding hydrogens is 260 g/mol. The number of halogens is 1. The smallest absolute Gasteiger partial charge is 0.334 e. The fourth-order valence-electron chi connectivity index (χ4n) is 2.24. The molecule has 0 unspecified atom stereocenters. The zero-order chi connectivity index (χ0) is 13.8. The molecule has 1 aromatic carbocycles. The first-order valence-corrected chi connectivity index (χ1v) is 6.83. The second-order valence-electron chi connectivity index (χ2n) is 4.52. The molecule has 19 heavy (non-hydrogen) atoms.